The van der Waals surface area contributed by atoms with Crippen LogP contribution < -0.4 is 4.18 Å². The maximum absolute atomic E-state index is 11.2. The SMILES string of the molecule is CC(C)(C)Cc1ccc2c(c1)OS(=O)C2. The standard InChI is InChI=1S/C12H16O2S/c1-12(2,3)7-9-4-5-10-8-15(13)14-11(10)6-9/h4-6H,7-8H2,1-3H3. The Morgan fingerprint density at radius 2 is 2.13 bits per heavy atom. The molecule has 1 aliphatic heterocycles. The molecular formula is C12H16O2S. The summed E-state index contributed by atoms with van der Waals surface area (Å²) in [5.41, 5.74) is 2.58. The van der Waals surface area contributed by atoms with Gasteiger partial charge in [-0.3, -0.25) is 0 Å². The number of rotatable bonds is 1. The molecule has 3 heteroatoms. The molecule has 0 N–H and O–H groups in total. The molecular weight excluding hydrogens is 208 g/mol. The zero-order valence-corrected chi connectivity index (χ0v) is 10.2. The maximum atomic E-state index is 11.2. The van der Waals surface area contributed by atoms with E-state index in [4.69, 9.17) is 4.18 Å². The van der Waals surface area contributed by atoms with Gasteiger partial charge >= 0.3 is 0 Å². The molecule has 15 heavy (non-hydrogen) atoms. The molecule has 0 aliphatic carbocycles. The van der Waals surface area contributed by atoms with Crippen molar-refractivity contribution in [3.05, 3.63) is 29.3 Å². The Balaban J connectivity index is 2.24. The highest BCUT2D eigenvalue weighted by Crippen LogP contribution is 2.31. The Morgan fingerprint density at radius 3 is 2.80 bits per heavy atom. The highest BCUT2D eigenvalue weighted by molar-refractivity contribution is 7.80. The van der Waals surface area contributed by atoms with E-state index in [1.54, 1.807) is 0 Å². The molecule has 82 valence electrons. The van der Waals surface area contributed by atoms with E-state index in [2.05, 4.69) is 26.8 Å². The van der Waals surface area contributed by atoms with E-state index in [1.165, 1.54) is 5.56 Å². The lowest BCUT2D eigenvalue weighted by atomic mass is 9.88. The van der Waals surface area contributed by atoms with Crippen LogP contribution >= 0.6 is 0 Å². The van der Waals surface area contributed by atoms with E-state index in [9.17, 15) is 4.21 Å². The van der Waals surface area contributed by atoms with Crippen LogP contribution in [-0.4, -0.2) is 4.21 Å². The van der Waals surface area contributed by atoms with Gasteiger partial charge in [0.25, 0.3) is 0 Å². The summed E-state index contributed by atoms with van der Waals surface area (Å²) in [7, 11) is 0. The summed E-state index contributed by atoms with van der Waals surface area (Å²) < 4.78 is 16.4. The molecule has 1 atom stereocenters. The fourth-order valence-electron chi connectivity index (χ4n) is 1.77. The van der Waals surface area contributed by atoms with E-state index in [1.807, 2.05) is 12.1 Å². The van der Waals surface area contributed by atoms with Crippen LogP contribution in [-0.2, 0) is 23.3 Å². The topological polar surface area (TPSA) is 26.3 Å². The molecule has 0 fully saturated rings. The third-order valence-electron chi connectivity index (χ3n) is 2.32. The first-order valence-electron chi connectivity index (χ1n) is 5.12. The monoisotopic (exact) mass is 224 g/mol. The van der Waals surface area contributed by atoms with Crippen molar-refractivity contribution in [2.75, 3.05) is 0 Å². The molecule has 0 saturated heterocycles. The Hall–Kier alpha value is -0.830. The molecule has 0 saturated carbocycles. The van der Waals surface area contributed by atoms with Crippen molar-refractivity contribution in [1.82, 2.24) is 0 Å². The Morgan fingerprint density at radius 1 is 1.40 bits per heavy atom. The van der Waals surface area contributed by atoms with Gasteiger partial charge in [0.2, 0.25) is 11.1 Å². The van der Waals surface area contributed by atoms with Crippen LogP contribution in [0.15, 0.2) is 18.2 Å². The first kappa shape index (κ1) is 10.7. The maximum Gasteiger partial charge on any atom is 0.211 e. The van der Waals surface area contributed by atoms with Gasteiger partial charge in [-0.25, -0.2) is 4.21 Å². The van der Waals surface area contributed by atoms with Crippen LogP contribution in [0, 0.1) is 5.41 Å². The lowest BCUT2D eigenvalue weighted by Crippen LogP contribution is -2.08. The van der Waals surface area contributed by atoms with Gasteiger partial charge in [-0.1, -0.05) is 32.9 Å². The third-order valence-corrected chi connectivity index (χ3v) is 3.23. The molecule has 1 aliphatic rings. The molecule has 0 bridgehead atoms. The highest BCUT2D eigenvalue weighted by Gasteiger charge is 2.20. The zero-order valence-electron chi connectivity index (χ0n) is 9.37. The second-order valence-electron chi connectivity index (χ2n) is 5.21. The van der Waals surface area contributed by atoms with E-state index >= 15 is 0 Å². The van der Waals surface area contributed by atoms with Gasteiger partial charge in [0.05, 0.1) is 5.75 Å². The molecule has 1 unspecified atom stereocenters. The van der Waals surface area contributed by atoms with Gasteiger partial charge in [-0.2, -0.15) is 0 Å². The summed E-state index contributed by atoms with van der Waals surface area (Å²) >= 11 is -1.15. The molecule has 0 radical (unpaired) electrons. The fourth-order valence-corrected chi connectivity index (χ4v) is 2.68. The average Bonchev–Trinajstić information content (AvgIpc) is 2.40. The molecule has 0 amide bonds. The lowest BCUT2D eigenvalue weighted by Gasteiger charge is -2.18. The van der Waals surface area contributed by atoms with Crippen molar-refractivity contribution in [1.29, 1.82) is 0 Å². The first-order chi connectivity index (χ1) is 6.94. The second kappa shape index (κ2) is 3.63. The minimum atomic E-state index is -1.15. The predicted molar refractivity (Wildman–Crippen MR) is 62.1 cm³/mol. The van der Waals surface area contributed by atoms with Gasteiger partial charge in [0.15, 0.2) is 0 Å². The number of hydrogen-bond donors (Lipinski definition) is 0. The lowest BCUT2D eigenvalue weighted by molar-refractivity contribution is 0.411. The molecule has 0 aromatic heterocycles. The Bertz CT molecular complexity index is 405. The summed E-state index contributed by atoms with van der Waals surface area (Å²) in [5.74, 6) is 1.33. The minimum absolute atomic E-state index is 0.270. The van der Waals surface area contributed by atoms with Crippen LogP contribution in [0.3, 0.4) is 0 Å². The second-order valence-corrected chi connectivity index (χ2v) is 6.27. The minimum Gasteiger partial charge on any atom is -0.400 e. The van der Waals surface area contributed by atoms with Gasteiger partial charge in [0.1, 0.15) is 5.75 Å². The van der Waals surface area contributed by atoms with Gasteiger partial charge < -0.3 is 4.18 Å². The van der Waals surface area contributed by atoms with E-state index < -0.39 is 11.1 Å². The third kappa shape index (κ3) is 2.59. The van der Waals surface area contributed by atoms with E-state index in [0.29, 0.717) is 5.75 Å². The number of benzene rings is 1. The van der Waals surface area contributed by atoms with Gasteiger partial charge in [-0.05, 0) is 23.5 Å². The number of hydrogen-bond acceptors (Lipinski definition) is 2. The summed E-state index contributed by atoms with van der Waals surface area (Å²) in [4.78, 5) is 0. The zero-order chi connectivity index (χ0) is 11.1. The van der Waals surface area contributed by atoms with Crippen molar-refractivity contribution >= 4 is 11.1 Å². The van der Waals surface area contributed by atoms with Crippen molar-refractivity contribution in [2.45, 2.75) is 32.9 Å². The van der Waals surface area contributed by atoms with Gasteiger partial charge in [-0.15, -0.1) is 0 Å². The van der Waals surface area contributed by atoms with Crippen molar-refractivity contribution in [3.8, 4) is 5.75 Å². The van der Waals surface area contributed by atoms with Crippen molar-refractivity contribution < 1.29 is 8.39 Å². The molecule has 1 aromatic carbocycles. The normalized spacial score (nSPS) is 19.8. The summed E-state index contributed by atoms with van der Waals surface area (Å²) in [5, 5.41) is 0. The summed E-state index contributed by atoms with van der Waals surface area (Å²) in [6.07, 6.45) is 1.01. The molecule has 1 aromatic rings. The van der Waals surface area contributed by atoms with Crippen LogP contribution in [0.5, 0.6) is 5.75 Å². The molecule has 2 rings (SSSR count). The number of fused-ring (bicyclic) bond motifs is 1. The van der Waals surface area contributed by atoms with Crippen LogP contribution in [0.25, 0.3) is 0 Å². The van der Waals surface area contributed by atoms with Crippen LogP contribution in [0.2, 0.25) is 0 Å². The van der Waals surface area contributed by atoms with Gasteiger partial charge in [0, 0.05) is 5.56 Å². The largest absolute Gasteiger partial charge is 0.400 e. The van der Waals surface area contributed by atoms with Crippen molar-refractivity contribution in [3.63, 3.8) is 0 Å². The Kier molecular flexibility index (Phi) is 2.59. The highest BCUT2D eigenvalue weighted by atomic mass is 32.2. The molecule has 1 heterocycles. The fraction of sp³-hybridized carbons (Fsp3) is 0.500. The summed E-state index contributed by atoms with van der Waals surface area (Å²) in [6.45, 7) is 6.62. The average molecular weight is 224 g/mol. The Labute approximate surface area is 93.3 Å². The molecule has 2 nitrogen and oxygen atoms in total. The predicted octanol–water partition coefficient (Wildman–Crippen LogP) is 2.83. The van der Waals surface area contributed by atoms with Crippen molar-refractivity contribution in [2.24, 2.45) is 5.41 Å². The quantitative estimate of drug-likeness (QED) is 0.733. The summed E-state index contributed by atoms with van der Waals surface area (Å²) in [6, 6.07) is 6.16. The smallest absolute Gasteiger partial charge is 0.211 e. The van der Waals surface area contributed by atoms with E-state index in [-0.39, 0.29) is 5.41 Å². The van der Waals surface area contributed by atoms with Crippen LogP contribution in [0.1, 0.15) is 31.9 Å². The van der Waals surface area contributed by atoms with E-state index in [0.717, 1.165) is 17.7 Å². The molecule has 0 spiro atoms. The van der Waals surface area contributed by atoms with Crippen LogP contribution in [0.4, 0.5) is 0 Å². The first-order valence-corrected chi connectivity index (χ1v) is 6.37.